The van der Waals surface area contributed by atoms with Crippen molar-refractivity contribution in [3.8, 4) is 11.1 Å². The van der Waals surface area contributed by atoms with Gasteiger partial charge in [-0.05, 0) is 77.7 Å². The minimum absolute atomic E-state index is 0.0618. The number of amides is 3. The smallest absolute Gasteiger partial charge is 0.272 e. The molecule has 6 nitrogen and oxygen atoms in total. The normalized spacial score (nSPS) is 11.8. The second-order valence-corrected chi connectivity index (χ2v) is 12.7. The monoisotopic (exact) mass is 707 g/mol. The molecule has 0 aliphatic carbocycles. The van der Waals surface area contributed by atoms with E-state index in [9.17, 15) is 18.8 Å². The average molecular weight is 709 g/mol. The van der Waals surface area contributed by atoms with Gasteiger partial charge in [-0.2, -0.15) is 0 Å². The van der Waals surface area contributed by atoms with E-state index in [1.54, 1.807) is 54.6 Å². The lowest BCUT2D eigenvalue weighted by molar-refractivity contribution is -0.116. The van der Waals surface area contributed by atoms with Gasteiger partial charge < -0.3 is 16.0 Å². The second kappa shape index (κ2) is 16.0. The topological polar surface area (TPSA) is 87.3 Å². The van der Waals surface area contributed by atoms with Gasteiger partial charge in [0.05, 0.1) is 10.9 Å². The first kappa shape index (κ1) is 33.4. The van der Waals surface area contributed by atoms with Gasteiger partial charge in [-0.3, -0.25) is 14.4 Å². The number of hydrogen-bond acceptors (Lipinski definition) is 4. The predicted octanol–water partition coefficient (Wildman–Crippen LogP) is 9.17. The lowest BCUT2D eigenvalue weighted by Gasteiger charge is -2.16. The Morgan fingerprint density at radius 1 is 0.787 bits per heavy atom. The molecular weight excluding hydrogens is 677 g/mol. The first-order chi connectivity index (χ1) is 22.8. The molecule has 0 aliphatic rings. The van der Waals surface area contributed by atoms with E-state index in [1.807, 2.05) is 73.7 Å². The molecule has 1 unspecified atom stereocenters. The summed E-state index contributed by atoms with van der Waals surface area (Å²) in [6, 6.07) is 37.8. The molecule has 0 spiro atoms. The summed E-state index contributed by atoms with van der Waals surface area (Å²) in [5, 5.41) is 7.80. The highest BCUT2D eigenvalue weighted by atomic mass is 79.9. The minimum atomic E-state index is -0.535. The van der Waals surface area contributed by atoms with Crippen LogP contribution in [0.3, 0.4) is 0 Å². The number of carbonyl (C=O) groups excluding carboxylic acids is 3. The first-order valence-corrected chi connectivity index (χ1v) is 16.5. The van der Waals surface area contributed by atoms with Gasteiger partial charge in [-0.15, -0.1) is 11.8 Å². The highest BCUT2D eigenvalue weighted by Crippen LogP contribution is 2.29. The molecule has 236 valence electrons. The number of halogens is 2. The van der Waals surface area contributed by atoms with E-state index in [0.29, 0.717) is 22.1 Å². The van der Waals surface area contributed by atoms with Crippen molar-refractivity contribution in [1.82, 2.24) is 5.32 Å². The van der Waals surface area contributed by atoms with Crippen molar-refractivity contribution in [2.24, 2.45) is 0 Å². The molecule has 5 aromatic rings. The molecule has 1 atom stereocenters. The number of carbonyl (C=O) groups is 3. The van der Waals surface area contributed by atoms with E-state index in [2.05, 4.69) is 31.9 Å². The molecule has 47 heavy (non-hydrogen) atoms. The Bertz CT molecular complexity index is 1900. The van der Waals surface area contributed by atoms with Crippen molar-refractivity contribution in [3.63, 3.8) is 0 Å². The zero-order valence-corrected chi connectivity index (χ0v) is 27.8. The maximum absolute atomic E-state index is 14.3. The van der Waals surface area contributed by atoms with Crippen molar-refractivity contribution < 1.29 is 18.8 Å². The van der Waals surface area contributed by atoms with Crippen LogP contribution in [0.1, 0.15) is 29.3 Å². The molecule has 5 rings (SSSR count). The van der Waals surface area contributed by atoms with Gasteiger partial charge in [0.15, 0.2) is 0 Å². The quantitative estimate of drug-likeness (QED) is 0.0944. The molecule has 0 fully saturated rings. The summed E-state index contributed by atoms with van der Waals surface area (Å²) >= 11 is 4.53. The fourth-order valence-corrected chi connectivity index (χ4v) is 5.99. The van der Waals surface area contributed by atoms with E-state index < -0.39 is 22.9 Å². The number of thioether (sulfide) groups is 1. The third-order valence-electron chi connectivity index (χ3n) is 7.08. The fourth-order valence-electron chi connectivity index (χ4n) is 4.65. The van der Waals surface area contributed by atoms with Gasteiger partial charge >= 0.3 is 0 Å². The Kier molecular flexibility index (Phi) is 11.4. The van der Waals surface area contributed by atoms with Gasteiger partial charge in [0.1, 0.15) is 11.5 Å². The standard InChI is InChI=1S/C38H31BrFN3O3S/c1-2-35(38(46)42-33-21-20-29(39)23-32(33)40)47-31-15-9-14-30(24-31)41-37(45)34(43-36(44)28-12-7-4-8-13-28)22-25-16-18-27(19-17-25)26-10-5-3-6-11-26/h3-24,35H,2H2,1H3,(H,41,45)(H,42,46)(H,43,44)/b34-22+. The maximum Gasteiger partial charge on any atom is 0.272 e. The summed E-state index contributed by atoms with van der Waals surface area (Å²) < 4.78 is 14.9. The zero-order chi connectivity index (χ0) is 33.2. The number of benzene rings is 5. The molecule has 9 heteroatoms. The molecule has 3 N–H and O–H groups in total. The molecule has 0 radical (unpaired) electrons. The molecule has 0 saturated carbocycles. The summed E-state index contributed by atoms with van der Waals surface area (Å²) in [5.41, 5.74) is 3.88. The Balaban J connectivity index is 1.33. The van der Waals surface area contributed by atoms with Crippen molar-refractivity contribution in [2.75, 3.05) is 10.6 Å². The van der Waals surface area contributed by atoms with E-state index in [1.165, 1.54) is 23.9 Å². The molecule has 0 bridgehead atoms. The van der Waals surface area contributed by atoms with Gasteiger partial charge in [0, 0.05) is 20.6 Å². The predicted molar refractivity (Wildman–Crippen MR) is 192 cm³/mol. The van der Waals surface area contributed by atoms with Crippen molar-refractivity contribution in [2.45, 2.75) is 23.5 Å². The third-order valence-corrected chi connectivity index (χ3v) is 8.93. The lowest BCUT2D eigenvalue weighted by Crippen LogP contribution is -2.30. The van der Waals surface area contributed by atoms with Gasteiger partial charge in [0.25, 0.3) is 11.8 Å². The summed E-state index contributed by atoms with van der Waals surface area (Å²) in [5.74, 6) is -1.80. The van der Waals surface area contributed by atoms with E-state index in [0.717, 1.165) is 21.6 Å². The van der Waals surface area contributed by atoms with E-state index in [-0.39, 0.29) is 17.3 Å². The van der Waals surface area contributed by atoms with Crippen LogP contribution in [0, 0.1) is 5.82 Å². The SMILES string of the molecule is CCC(Sc1cccc(NC(=O)/C(=C\c2ccc(-c3ccccc3)cc2)NC(=O)c2ccccc2)c1)C(=O)Nc1ccc(Br)cc1F. The van der Waals surface area contributed by atoms with Gasteiger partial charge in [-0.25, -0.2) is 4.39 Å². The highest BCUT2D eigenvalue weighted by Gasteiger charge is 2.20. The summed E-state index contributed by atoms with van der Waals surface area (Å²) in [6.07, 6.45) is 2.12. The number of nitrogens with one attached hydrogen (secondary N) is 3. The minimum Gasteiger partial charge on any atom is -0.323 e. The summed E-state index contributed by atoms with van der Waals surface area (Å²) in [7, 11) is 0. The van der Waals surface area contributed by atoms with Crippen LogP contribution in [0.5, 0.6) is 0 Å². The lowest BCUT2D eigenvalue weighted by atomic mass is 10.0. The second-order valence-electron chi connectivity index (χ2n) is 10.5. The van der Waals surface area contributed by atoms with E-state index in [4.69, 9.17) is 0 Å². The Morgan fingerprint density at radius 2 is 1.47 bits per heavy atom. The molecule has 0 aromatic heterocycles. The number of anilines is 2. The number of hydrogen-bond donors (Lipinski definition) is 3. The summed E-state index contributed by atoms with van der Waals surface area (Å²) in [6.45, 7) is 1.87. The molecular formula is C38H31BrFN3O3S. The van der Waals surface area contributed by atoms with Crippen molar-refractivity contribution in [3.05, 3.63) is 155 Å². The van der Waals surface area contributed by atoms with Crippen LogP contribution in [0.25, 0.3) is 17.2 Å². The fraction of sp³-hybridized carbons (Fsp3) is 0.0789. The third kappa shape index (κ3) is 9.28. The number of rotatable bonds is 11. The molecule has 0 saturated heterocycles. The van der Waals surface area contributed by atoms with Crippen LogP contribution < -0.4 is 16.0 Å². The van der Waals surface area contributed by atoms with Crippen LogP contribution in [0.4, 0.5) is 15.8 Å². The van der Waals surface area contributed by atoms with Crippen molar-refractivity contribution >= 4 is 62.9 Å². The first-order valence-electron chi connectivity index (χ1n) is 14.9. The highest BCUT2D eigenvalue weighted by molar-refractivity contribution is 9.10. The Labute approximate surface area is 285 Å². The maximum atomic E-state index is 14.3. The van der Waals surface area contributed by atoms with Crippen LogP contribution in [-0.4, -0.2) is 23.0 Å². The zero-order valence-electron chi connectivity index (χ0n) is 25.4. The average Bonchev–Trinajstić information content (AvgIpc) is 3.09. The van der Waals surface area contributed by atoms with Gasteiger partial charge in [-0.1, -0.05) is 102 Å². The van der Waals surface area contributed by atoms with Crippen LogP contribution in [-0.2, 0) is 9.59 Å². The van der Waals surface area contributed by atoms with Crippen LogP contribution >= 0.6 is 27.7 Å². The van der Waals surface area contributed by atoms with Crippen LogP contribution in [0.15, 0.2) is 142 Å². The molecule has 0 aliphatic heterocycles. The largest absolute Gasteiger partial charge is 0.323 e. The molecule has 3 amide bonds. The van der Waals surface area contributed by atoms with Crippen LogP contribution in [0.2, 0.25) is 0 Å². The molecule has 5 aromatic carbocycles. The summed E-state index contributed by atoms with van der Waals surface area (Å²) in [4.78, 5) is 40.4. The van der Waals surface area contributed by atoms with Gasteiger partial charge in [0.2, 0.25) is 5.91 Å². The molecule has 0 heterocycles. The van der Waals surface area contributed by atoms with Crippen molar-refractivity contribution in [1.29, 1.82) is 0 Å². The van der Waals surface area contributed by atoms with E-state index >= 15 is 0 Å². The Hall–Kier alpha value is -4.99. The Morgan fingerprint density at radius 3 is 2.15 bits per heavy atom.